The Morgan fingerprint density at radius 2 is 2.00 bits per heavy atom. The molecular formula is C18H11N3O. The average Bonchev–Trinajstić information content (AvgIpc) is 3.24. The maximum absolute atomic E-state index is 5.17. The predicted molar refractivity (Wildman–Crippen MR) is 84.0 cm³/mol. The van der Waals surface area contributed by atoms with Crippen molar-refractivity contribution in [1.29, 1.82) is 0 Å². The van der Waals surface area contributed by atoms with Gasteiger partial charge in [-0.3, -0.25) is 0 Å². The first-order valence-electron chi connectivity index (χ1n) is 6.85. The van der Waals surface area contributed by atoms with Crippen LogP contribution in [0.3, 0.4) is 0 Å². The van der Waals surface area contributed by atoms with Crippen LogP contribution >= 0.6 is 0 Å². The largest absolute Gasteiger partial charge is 0.356 e. The minimum atomic E-state index is 0.737. The molecule has 3 aromatic heterocycles. The third-order valence-corrected chi connectivity index (χ3v) is 3.39. The number of pyridine rings is 1. The number of hydrogen-bond acceptors (Lipinski definition) is 3. The van der Waals surface area contributed by atoms with Crippen molar-refractivity contribution in [3.8, 4) is 23.2 Å². The van der Waals surface area contributed by atoms with Crippen molar-refractivity contribution in [2.75, 3.05) is 0 Å². The van der Waals surface area contributed by atoms with Crippen LogP contribution in [-0.4, -0.2) is 15.1 Å². The number of nitrogens with zero attached hydrogens (tertiary/aromatic N) is 2. The van der Waals surface area contributed by atoms with E-state index >= 15 is 0 Å². The fourth-order valence-electron chi connectivity index (χ4n) is 2.32. The highest BCUT2D eigenvalue weighted by Crippen LogP contribution is 2.19. The van der Waals surface area contributed by atoms with E-state index in [4.69, 9.17) is 4.52 Å². The third-order valence-electron chi connectivity index (χ3n) is 3.39. The topological polar surface area (TPSA) is 54.7 Å². The van der Waals surface area contributed by atoms with Gasteiger partial charge in [-0.05, 0) is 24.3 Å². The van der Waals surface area contributed by atoms with Crippen molar-refractivity contribution in [1.82, 2.24) is 15.1 Å². The molecule has 1 N–H and O–H groups in total. The zero-order valence-corrected chi connectivity index (χ0v) is 11.6. The summed E-state index contributed by atoms with van der Waals surface area (Å²) >= 11 is 0. The third kappa shape index (κ3) is 2.25. The first kappa shape index (κ1) is 12.4. The minimum absolute atomic E-state index is 0.737. The first-order chi connectivity index (χ1) is 10.9. The van der Waals surface area contributed by atoms with Crippen molar-refractivity contribution in [3.05, 3.63) is 72.2 Å². The molecule has 0 radical (unpaired) electrons. The molecule has 4 rings (SSSR count). The molecule has 0 aliphatic rings. The molecule has 4 heteroatoms. The molecule has 4 nitrogen and oxygen atoms in total. The van der Waals surface area contributed by atoms with E-state index in [1.54, 1.807) is 12.4 Å². The van der Waals surface area contributed by atoms with Crippen LogP contribution in [0.15, 0.2) is 65.6 Å². The second-order valence-electron chi connectivity index (χ2n) is 4.81. The Morgan fingerprint density at radius 3 is 2.91 bits per heavy atom. The van der Waals surface area contributed by atoms with Gasteiger partial charge in [-0.1, -0.05) is 29.1 Å². The van der Waals surface area contributed by atoms with Crippen molar-refractivity contribution >= 4 is 11.0 Å². The van der Waals surface area contributed by atoms with E-state index in [9.17, 15) is 0 Å². The Bertz CT molecular complexity index is 988. The van der Waals surface area contributed by atoms with Crippen molar-refractivity contribution in [2.24, 2.45) is 0 Å². The van der Waals surface area contributed by atoms with E-state index in [1.807, 2.05) is 48.7 Å². The number of aromatic nitrogens is 3. The lowest BCUT2D eigenvalue weighted by atomic mass is 10.1. The fourth-order valence-corrected chi connectivity index (χ4v) is 2.32. The maximum Gasteiger partial charge on any atom is 0.166 e. The standard InChI is InChI=1S/C18H11N3O/c1-2-13(12-15(3-1)17-8-11-21-22-17)4-5-14-6-9-19-18-16(14)7-10-20-18/h1-3,6-12H,(H,19,20). The SMILES string of the molecule is C(#Cc1ccnc2[nH]ccc12)c1cccc(-c2ccno2)c1. The normalized spacial score (nSPS) is 10.4. The zero-order chi connectivity index (χ0) is 14.8. The maximum atomic E-state index is 5.17. The lowest BCUT2D eigenvalue weighted by Crippen LogP contribution is -1.81. The molecule has 0 amide bonds. The predicted octanol–water partition coefficient (Wildman–Crippen LogP) is 3.62. The van der Waals surface area contributed by atoms with Gasteiger partial charge >= 0.3 is 0 Å². The minimum Gasteiger partial charge on any atom is -0.356 e. The number of hydrogen-bond donors (Lipinski definition) is 1. The van der Waals surface area contributed by atoms with E-state index in [2.05, 4.69) is 27.0 Å². The van der Waals surface area contributed by atoms with Crippen LogP contribution in [0.5, 0.6) is 0 Å². The Kier molecular flexibility index (Phi) is 2.95. The van der Waals surface area contributed by atoms with Gasteiger partial charge < -0.3 is 9.51 Å². The Hall–Kier alpha value is -3.32. The van der Waals surface area contributed by atoms with Gasteiger partial charge in [-0.25, -0.2) is 4.98 Å². The molecule has 104 valence electrons. The highest BCUT2D eigenvalue weighted by Gasteiger charge is 2.02. The quantitative estimate of drug-likeness (QED) is 0.543. The van der Waals surface area contributed by atoms with E-state index in [0.717, 1.165) is 33.5 Å². The van der Waals surface area contributed by atoms with Gasteiger partial charge in [0.2, 0.25) is 0 Å². The molecule has 0 unspecified atom stereocenters. The second kappa shape index (κ2) is 5.23. The van der Waals surface area contributed by atoms with Crippen LogP contribution in [0.4, 0.5) is 0 Å². The van der Waals surface area contributed by atoms with Gasteiger partial charge in [-0.2, -0.15) is 0 Å². The van der Waals surface area contributed by atoms with Crippen LogP contribution < -0.4 is 0 Å². The van der Waals surface area contributed by atoms with Crippen molar-refractivity contribution in [2.45, 2.75) is 0 Å². The van der Waals surface area contributed by atoms with Crippen LogP contribution in [0.1, 0.15) is 11.1 Å². The molecule has 0 aliphatic carbocycles. The Balaban J connectivity index is 1.73. The van der Waals surface area contributed by atoms with E-state index in [0.29, 0.717) is 0 Å². The highest BCUT2D eigenvalue weighted by molar-refractivity contribution is 5.82. The van der Waals surface area contributed by atoms with Crippen molar-refractivity contribution < 1.29 is 4.52 Å². The van der Waals surface area contributed by atoms with E-state index < -0.39 is 0 Å². The lowest BCUT2D eigenvalue weighted by Gasteiger charge is -1.96. The number of rotatable bonds is 1. The van der Waals surface area contributed by atoms with Crippen LogP contribution in [0.25, 0.3) is 22.4 Å². The van der Waals surface area contributed by atoms with Gasteiger partial charge in [0.05, 0.1) is 6.20 Å². The molecule has 0 atom stereocenters. The fraction of sp³-hybridized carbons (Fsp3) is 0. The summed E-state index contributed by atoms with van der Waals surface area (Å²) in [7, 11) is 0. The average molecular weight is 285 g/mol. The molecule has 3 heterocycles. The summed E-state index contributed by atoms with van der Waals surface area (Å²) in [6, 6.07) is 13.6. The van der Waals surface area contributed by atoms with Crippen LogP contribution in [0.2, 0.25) is 0 Å². The zero-order valence-electron chi connectivity index (χ0n) is 11.6. The van der Waals surface area contributed by atoms with Gasteiger partial charge in [0.1, 0.15) is 5.65 Å². The van der Waals surface area contributed by atoms with Crippen LogP contribution in [0, 0.1) is 11.8 Å². The summed E-state index contributed by atoms with van der Waals surface area (Å²) in [5.74, 6) is 7.13. The number of aromatic amines is 1. The monoisotopic (exact) mass is 285 g/mol. The van der Waals surface area contributed by atoms with Crippen molar-refractivity contribution in [3.63, 3.8) is 0 Å². The Morgan fingerprint density at radius 1 is 1.00 bits per heavy atom. The van der Waals surface area contributed by atoms with E-state index in [1.165, 1.54) is 0 Å². The molecule has 0 spiro atoms. The lowest BCUT2D eigenvalue weighted by molar-refractivity contribution is 0.432. The molecular weight excluding hydrogens is 274 g/mol. The molecule has 22 heavy (non-hydrogen) atoms. The number of benzene rings is 1. The summed E-state index contributed by atoms with van der Waals surface area (Å²) in [4.78, 5) is 7.35. The number of fused-ring (bicyclic) bond motifs is 1. The first-order valence-corrected chi connectivity index (χ1v) is 6.85. The molecule has 0 saturated carbocycles. The summed E-state index contributed by atoms with van der Waals surface area (Å²) in [6.07, 6.45) is 5.26. The molecule has 0 aliphatic heterocycles. The Labute approximate surface area is 126 Å². The molecule has 0 saturated heterocycles. The highest BCUT2D eigenvalue weighted by atomic mass is 16.5. The summed E-state index contributed by atoms with van der Waals surface area (Å²) in [5.41, 5.74) is 3.69. The number of H-pyrrole nitrogens is 1. The van der Waals surface area contributed by atoms with Gasteiger partial charge in [0.25, 0.3) is 0 Å². The van der Waals surface area contributed by atoms with E-state index in [-0.39, 0.29) is 0 Å². The molecule has 0 bridgehead atoms. The van der Waals surface area contributed by atoms with Gasteiger partial charge in [-0.15, -0.1) is 0 Å². The van der Waals surface area contributed by atoms with Crippen LogP contribution in [-0.2, 0) is 0 Å². The molecule has 4 aromatic rings. The molecule has 1 aromatic carbocycles. The van der Waals surface area contributed by atoms with Gasteiger partial charge in [0.15, 0.2) is 5.76 Å². The summed E-state index contributed by atoms with van der Waals surface area (Å²) in [6.45, 7) is 0. The summed E-state index contributed by atoms with van der Waals surface area (Å²) < 4.78 is 5.17. The second-order valence-corrected chi connectivity index (χ2v) is 4.81. The summed E-state index contributed by atoms with van der Waals surface area (Å²) in [5, 5.41) is 4.76. The molecule has 0 fully saturated rings. The number of nitrogens with one attached hydrogen (secondary N) is 1. The smallest absolute Gasteiger partial charge is 0.166 e. The van der Waals surface area contributed by atoms with Gasteiger partial charge in [0, 0.05) is 40.5 Å².